The monoisotopic (exact) mass is 271 g/mol. The fourth-order valence-corrected chi connectivity index (χ4v) is 4.57. The molecule has 0 aliphatic heterocycles. The third kappa shape index (κ3) is 2.02. The van der Waals surface area contributed by atoms with E-state index in [0.29, 0.717) is 5.92 Å². The first-order valence-corrected chi connectivity index (χ1v) is 8.48. The molecule has 3 aliphatic carbocycles. The van der Waals surface area contributed by atoms with Gasteiger partial charge in [-0.3, -0.25) is 0 Å². The van der Waals surface area contributed by atoms with Crippen molar-refractivity contribution in [3.8, 4) is 0 Å². The van der Waals surface area contributed by atoms with E-state index in [-0.39, 0.29) is 0 Å². The lowest BCUT2D eigenvalue weighted by atomic mass is 9.88. The molecule has 2 bridgehead atoms. The highest BCUT2D eigenvalue weighted by molar-refractivity contribution is 5.49. The molecule has 3 nitrogen and oxygen atoms in total. The van der Waals surface area contributed by atoms with Crippen LogP contribution in [0.15, 0.2) is 0 Å². The molecule has 20 heavy (non-hydrogen) atoms. The zero-order chi connectivity index (χ0) is 13.5. The molecule has 3 heteroatoms. The summed E-state index contributed by atoms with van der Waals surface area (Å²) in [6, 6.07) is 0. The summed E-state index contributed by atoms with van der Waals surface area (Å²) < 4.78 is 0. The maximum Gasteiger partial charge on any atom is 0.134 e. The molecule has 1 aromatic heterocycles. The van der Waals surface area contributed by atoms with Crippen molar-refractivity contribution in [3.63, 3.8) is 0 Å². The van der Waals surface area contributed by atoms with Crippen molar-refractivity contribution in [2.24, 2.45) is 11.8 Å². The molecule has 2 fully saturated rings. The Bertz CT molecular complexity index is 511. The van der Waals surface area contributed by atoms with Crippen molar-refractivity contribution >= 4 is 5.82 Å². The molecule has 4 rings (SSSR count). The van der Waals surface area contributed by atoms with E-state index >= 15 is 0 Å². The van der Waals surface area contributed by atoms with Crippen LogP contribution in [0.2, 0.25) is 0 Å². The van der Waals surface area contributed by atoms with Gasteiger partial charge in [-0.05, 0) is 56.8 Å². The van der Waals surface area contributed by atoms with Crippen LogP contribution in [0.5, 0.6) is 0 Å². The van der Waals surface area contributed by atoms with E-state index in [1.807, 2.05) is 0 Å². The Morgan fingerprint density at radius 2 is 2.10 bits per heavy atom. The smallest absolute Gasteiger partial charge is 0.134 e. The van der Waals surface area contributed by atoms with Crippen LogP contribution in [0.4, 0.5) is 5.82 Å². The van der Waals surface area contributed by atoms with Gasteiger partial charge in [0.1, 0.15) is 11.6 Å². The molecule has 1 heterocycles. The Hall–Kier alpha value is -1.12. The Balaban J connectivity index is 1.66. The number of aromatic nitrogens is 2. The zero-order valence-corrected chi connectivity index (χ0v) is 12.5. The van der Waals surface area contributed by atoms with E-state index in [0.717, 1.165) is 42.9 Å². The summed E-state index contributed by atoms with van der Waals surface area (Å²) in [5.41, 5.74) is 2.75. The number of fused-ring (bicyclic) bond motifs is 3. The van der Waals surface area contributed by atoms with Gasteiger partial charge in [-0.25, -0.2) is 9.97 Å². The summed E-state index contributed by atoms with van der Waals surface area (Å²) in [6.07, 6.45) is 10.4. The quantitative estimate of drug-likeness (QED) is 0.907. The fraction of sp³-hybridized carbons (Fsp3) is 0.765. The molecule has 3 atom stereocenters. The molecular weight excluding hydrogens is 246 g/mol. The van der Waals surface area contributed by atoms with E-state index in [9.17, 15) is 0 Å². The standard InChI is InChI=1S/C17H25N3/c1-2-8-18-16-13-4-3-5-15(13)19-17(20-16)14-10-11-6-7-12(14)9-11/h11-12,14H,2-10H2,1H3,(H,18,19,20). The van der Waals surface area contributed by atoms with E-state index in [1.165, 1.54) is 49.8 Å². The summed E-state index contributed by atoms with van der Waals surface area (Å²) in [4.78, 5) is 9.93. The predicted molar refractivity (Wildman–Crippen MR) is 81.0 cm³/mol. The molecule has 1 N–H and O–H groups in total. The summed E-state index contributed by atoms with van der Waals surface area (Å²) in [5, 5.41) is 3.55. The minimum Gasteiger partial charge on any atom is -0.370 e. The van der Waals surface area contributed by atoms with Gasteiger partial charge in [0.15, 0.2) is 0 Å². The lowest BCUT2D eigenvalue weighted by Crippen LogP contribution is -2.16. The number of anilines is 1. The summed E-state index contributed by atoms with van der Waals surface area (Å²) in [6.45, 7) is 3.24. The van der Waals surface area contributed by atoms with Crippen LogP contribution in [0.1, 0.15) is 68.4 Å². The van der Waals surface area contributed by atoms with E-state index in [2.05, 4.69) is 12.2 Å². The molecule has 0 saturated heterocycles. The first kappa shape index (κ1) is 12.6. The predicted octanol–water partition coefficient (Wildman–Crippen LogP) is 3.69. The van der Waals surface area contributed by atoms with Crippen LogP contribution in [-0.2, 0) is 12.8 Å². The van der Waals surface area contributed by atoms with Crippen molar-refractivity contribution in [1.82, 2.24) is 9.97 Å². The number of nitrogens with one attached hydrogen (secondary N) is 1. The van der Waals surface area contributed by atoms with Crippen LogP contribution < -0.4 is 5.32 Å². The van der Waals surface area contributed by atoms with Gasteiger partial charge in [0.05, 0.1) is 0 Å². The molecule has 2 saturated carbocycles. The van der Waals surface area contributed by atoms with E-state index in [4.69, 9.17) is 9.97 Å². The summed E-state index contributed by atoms with van der Waals surface area (Å²) in [5.74, 6) is 4.82. The second kappa shape index (κ2) is 5.01. The number of aryl methyl sites for hydroxylation is 1. The molecule has 3 aliphatic rings. The maximum atomic E-state index is 4.97. The van der Waals surface area contributed by atoms with E-state index in [1.54, 1.807) is 0 Å². The highest BCUT2D eigenvalue weighted by Gasteiger charge is 2.42. The molecule has 0 amide bonds. The van der Waals surface area contributed by atoms with Gasteiger partial charge >= 0.3 is 0 Å². The molecule has 1 aromatic rings. The van der Waals surface area contributed by atoms with Crippen LogP contribution in [-0.4, -0.2) is 16.5 Å². The van der Waals surface area contributed by atoms with Crippen molar-refractivity contribution < 1.29 is 0 Å². The number of nitrogens with zero attached hydrogens (tertiary/aromatic N) is 2. The molecule has 0 radical (unpaired) electrons. The topological polar surface area (TPSA) is 37.8 Å². The fourth-order valence-electron chi connectivity index (χ4n) is 4.57. The first-order chi connectivity index (χ1) is 9.85. The number of hydrogen-bond donors (Lipinski definition) is 1. The molecule has 0 spiro atoms. The second-order valence-electron chi connectivity index (χ2n) is 6.92. The number of hydrogen-bond acceptors (Lipinski definition) is 3. The third-order valence-corrected chi connectivity index (χ3v) is 5.56. The van der Waals surface area contributed by atoms with Crippen molar-refractivity contribution in [3.05, 3.63) is 17.1 Å². The van der Waals surface area contributed by atoms with Gasteiger partial charge in [0.2, 0.25) is 0 Å². The van der Waals surface area contributed by atoms with Crippen molar-refractivity contribution in [2.75, 3.05) is 11.9 Å². The average molecular weight is 271 g/mol. The first-order valence-electron chi connectivity index (χ1n) is 8.48. The molecule has 3 unspecified atom stereocenters. The highest BCUT2D eigenvalue weighted by atomic mass is 15.0. The van der Waals surface area contributed by atoms with Crippen LogP contribution >= 0.6 is 0 Å². The summed E-state index contributed by atoms with van der Waals surface area (Å²) >= 11 is 0. The van der Waals surface area contributed by atoms with E-state index < -0.39 is 0 Å². The Morgan fingerprint density at radius 3 is 2.85 bits per heavy atom. The maximum absolute atomic E-state index is 4.97. The Kier molecular flexibility index (Phi) is 3.16. The average Bonchev–Trinajstić information content (AvgIpc) is 3.19. The lowest BCUT2D eigenvalue weighted by molar-refractivity contribution is 0.405. The van der Waals surface area contributed by atoms with Crippen LogP contribution in [0.3, 0.4) is 0 Å². The number of rotatable bonds is 4. The van der Waals surface area contributed by atoms with Crippen LogP contribution in [0.25, 0.3) is 0 Å². The van der Waals surface area contributed by atoms with Crippen molar-refractivity contribution in [1.29, 1.82) is 0 Å². The summed E-state index contributed by atoms with van der Waals surface area (Å²) in [7, 11) is 0. The minimum absolute atomic E-state index is 0.654. The lowest BCUT2D eigenvalue weighted by Gasteiger charge is -2.22. The Morgan fingerprint density at radius 1 is 1.15 bits per heavy atom. The van der Waals surface area contributed by atoms with Crippen LogP contribution in [0, 0.1) is 11.8 Å². The largest absolute Gasteiger partial charge is 0.370 e. The zero-order valence-electron chi connectivity index (χ0n) is 12.5. The van der Waals surface area contributed by atoms with Gasteiger partial charge < -0.3 is 5.32 Å². The normalized spacial score (nSPS) is 30.8. The van der Waals surface area contributed by atoms with Gasteiger partial charge in [0.25, 0.3) is 0 Å². The highest BCUT2D eigenvalue weighted by Crippen LogP contribution is 2.52. The van der Waals surface area contributed by atoms with Gasteiger partial charge in [-0.1, -0.05) is 13.3 Å². The van der Waals surface area contributed by atoms with Gasteiger partial charge in [-0.15, -0.1) is 0 Å². The SMILES string of the molecule is CCCNc1nc(C2CC3CCC2C3)nc2c1CCC2. The molecule has 108 valence electrons. The van der Waals surface area contributed by atoms with Crippen molar-refractivity contribution in [2.45, 2.75) is 64.2 Å². The molecular formula is C17H25N3. The minimum atomic E-state index is 0.654. The van der Waals surface area contributed by atoms with Gasteiger partial charge in [-0.2, -0.15) is 0 Å². The van der Waals surface area contributed by atoms with Gasteiger partial charge in [0, 0.05) is 23.7 Å². The molecule has 0 aromatic carbocycles. The third-order valence-electron chi connectivity index (χ3n) is 5.56. The second-order valence-corrected chi connectivity index (χ2v) is 6.92. The Labute approximate surface area is 121 Å².